The van der Waals surface area contributed by atoms with Crippen molar-refractivity contribution in [1.29, 1.82) is 0 Å². The Morgan fingerprint density at radius 1 is 0.816 bits per heavy atom. The van der Waals surface area contributed by atoms with Gasteiger partial charge in [0.1, 0.15) is 5.69 Å². The summed E-state index contributed by atoms with van der Waals surface area (Å²) in [5.41, 5.74) is 7.59. The van der Waals surface area contributed by atoms with Gasteiger partial charge in [-0.3, -0.25) is 19.9 Å². The van der Waals surface area contributed by atoms with E-state index in [-0.39, 0.29) is 5.91 Å². The van der Waals surface area contributed by atoms with Gasteiger partial charge in [0.2, 0.25) is 0 Å². The van der Waals surface area contributed by atoms with Crippen molar-refractivity contribution in [3.63, 3.8) is 0 Å². The molecule has 0 spiro atoms. The number of rotatable bonds is 4. The molecule has 3 N–H and O–H groups in total. The molecule has 0 saturated carbocycles. The van der Waals surface area contributed by atoms with Crippen molar-refractivity contribution in [3.8, 4) is 22.6 Å². The smallest absolute Gasteiger partial charge is 0.257 e. The van der Waals surface area contributed by atoms with Crippen molar-refractivity contribution in [2.45, 2.75) is 6.92 Å². The number of imidazole rings is 1. The number of H-pyrrole nitrogens is 2. The van der Waals surface area contributed by atoms with Crippen LogP contribution >= 0.6 is 0 Å². The predicted octanol–water partition coefficient (Wildman–Crippen LogP) is 6.28. The van der Waals surface area contributed by atoms with E-state index in [1.807, 2.05) is 73.8 Å². The monoisotopic (exact) mass is 495 g/mol. The summed E-state index contributed by atoms with van der Waals surface area (Å²) in [5.74, 6) is 0.496. The van der Waals surface area contributed by atoms with Crippen LogP contribution in [0.25, 0.3) is 55.4 Å². The SMILES string of the molecule is Cc1cncc(C(=O)Nc2cccc3c(-c4ccc5[nH]nc(-c6nc7ccccc7[nH]6)c5c4)cncc23)c1. The number of fused-ring (bicyclic) bond motifs is 3. The average molecular weight is 496 g/mol. The van der Waals surface area contributed by atoms with Crippen LogP contribution in [0.5, 0.6) is 0 Å². The Morgan fingerprint density at radius 3 is 2.61 bits per heavy atom. The van der Waals surface area contributed by atoms with Crippen molar-refractivity contribution in [2.75, 3.05) is 5.32 Å². The molecule has 1 amide bonds. The highest BCUT2D eigenvalue weighted by molar-refractivity contribution is 6.11. The third-order valence-electron chi connectivity index (χ3n) is 6.68. The molecule has 0 saturated heterocycles. The van der Waals surface area contributed by atoms with E-state index in [4.69, 9.17) is 4.98 Å². The largest absolute Gasteiger partial charge is 0.337 e. The lowest BCUT2D eigenvalue weighted by Crippen LogP contribution is -2.12. The normalized spacial score (nSPS) is 11.4. The summed E-state index contributed by atoms with van der Waals surface area (Å²) in [4.78, 5) is 29.7. The molecule has 0 bridgehead atoms. The number of carbonyl (C=O) groups is 1. The van der Waals surface area contributed by atoms with Gasteiger partial charge in [-0.25, -0.2) is 4.98 Å². The van der Waals surface area contributed by atoms with Crippen LogP contribution in [-0.4, -0.2) is 36.0 Å². The molecule has 182 valence electrons. The minimum Gasteiger partial charge on any atom is -0.337 e. The van der Waals surface area contributed by atoms with E-state index in [1.54, 1.807) is 18.6 Å². The molecule has 8 heteroatoms. The van der Waals surface area contributed by atoms with Gasteiger partial charge < -0.3 is 10.3 Å². The molecular weight excluding hydrogens is 474 g/mol. The summed E-state index contributed by atoms with van der Waals surface area (Å²) in [6, 6.07) is 21.8. The van der Waals surface area contributed by atoms with Gasteiger partial charge in [0.15, 0.2) is 5.82 Å². The van der Waals surface area contributed by atoms with Crippen LogP contribution in [0.15, 0.2) is 91.5 Å². The van der Waals surface area contributed by atoms with Gasteiger partial charge >= 0.3 is 0 Å². The van der Waals surface area contributed by atoms with Gasteiger partial charge in [-0.15, -0.1) is 0 Å². The number of carbonyl (C=O) groups excluding carboxylic acids is 1. The average Bonchev–Trinajstić information content (AvgIpc) is 3.56. The number of aromatic amines is 2. The third kappa shape index (κ3) is 3.67. The number of benzene rings is 3. The number of aryl methyl sites for hydroxylation is 1. The highest BCUT2D eigenvalue weighted by Gasteiger charge is 2.16. The fraction of sp³-hybridized carbons (Fsp3) is 0.0333. The summed E-state index contributed by atoms with van der Waals surface area (Å²) >= 11 is 0. The maximum absolute atomic E-state index is 12.9. The van der Waals surface area contributed by atoms with Crippen molar-refractivity contribution < 1.29 is 4.79 Å². The molecular formula is C30H21N7O. The number of aromatic nitrogens is 6. The maximum Gasteiger partial charge on any atom is 0.257 e. The predicted molar refractivity (Wildman–Crippen MR) is 149 cm³/mol. The molecule has 0 aliphatic heterocycles. The molecule has 4 heterocycles. The zero-order valence-corrected chi connectivity index (χ0v) is 20.4. The molecule has 0 atom stereocenters. The molecule has 4 aromatic heterocycles. The summed E-state index contributed by atoms with van der Waals surface area (Å²) < 4.78 is 0. The lowest BCUT2D eigenvalue weighted by molar-refractivity contribution is 0.102. The number of para-hydroxylation sites is 2. The van der Waals surface area contributed by atoms with Crippen LogP contribution in [0.4, 0.5) is 5.69 Å². The number of pyridine rings is 2. The Balaban J connectivity index is 1.31. The maximum atomic E-state index is 12.9. The molecule has 0 aliphatic rings. The standard InChI is InChI=1S/C30H21N7O/c1-17-11-19(14-31-13-17)30(38)35-24-8-4-5-20-22(15-32-16-23(20)24)18-9-10-25-21(12-18)28(37-36-25)29-33-26-6-2-3-7-27(26)34-29/h2-16H,1H3,(H,33,34)(H,35,38)(H,36,37). The molecule has 8 nitrogen and oxygen atoms in total. The molecule has 0 unspecified atom stereocenters. The van der Waals surface area contributed by atoms with E-state index in [2.05, 4.69) is 36.5 Å². The second kappa shape index (κ2) is 8.63. The van der Waals surface area contributed by atoms with E-state index >= 15 is 0 Å². The molecule has 7 aromatic rings. The van der Waals surface area contributed by atoms with Crippen LogP contribution in [-0.2, 0) is 0 Å². The van der Waals surface area contributed by atoms with Gasteiger partial charge in [-0.05, 0) is 59.8 Å². The molecule has 0 fully saturated rings. The molecule has 38 heavy (non-hydrogen) atoms. The number of nitrogens with one attached hydrogen (secondary N) is 3. The fourth-order valence-corrected chi connectivity index (χ4v) is 4.83. The van der Waals surface area contributed by atoms with E-state index in [0.717, 1.165) is 55.1 Å². The Labute approximate surface area is 216 Å². The molecule has 0 aliphatic carbocycles. The van der Waals surface area contributed by atoms with Crippen molar-refractivity contribution in [1.82, 2.24) is 30.1 Å². The van der Waals surface area contributed by atoms with Crippen LogP contribution < -0.4 is 5.32 Å². The van der Waals surface area contributed by atoms with Crippen molar-refractivity contribution in [3.05, 3.63) is 103 Å². The number of hydrogen-bond acceptors (Lipinski definition) is 5. The highest BCUT2D eigenvalue weighted by atomic mass is 16.1. The minimum atomic E-state index is -0.214. The Bertz CT molecular complexity index is 1970. The number of anilines is 1. The highest BCUT2D eigenvalue weighted by Crippen LogP contribution is 2.35. The first-order valence-corrected chi connectivity index (χ1v) is 12.2. The summed E-state index contributed by atoms with van der Waals surface area (Å²) in [7, 11) is 0. The second-order valence-corrected chi connectivity index (χ2v) is 9.23. The fourth-order valence-electron chi connectivity index (χ4n) is 4.83. The third-order valence-corrected chi connectivity index (χ3v) is 6.68. The minimum absolute atomic E-state index is 0.214. The van der Waals surface area contributed by atoms with Gasteiger partial charge in [-0.2, -0.15) is 5.10 Å². The Kier molecular flexibility index (Phi) is 4.97. The second-order valence-electron chi connectivity index (χ2n) is 9.23. The van der Waals surface area contributed by atoms with Gasteiger partial charge in [0.25, 0.3) is 5.91 Å². The van der Waals surface area contributed by atoms with Crippen LogP contribution in [0.1, 0.15) is 15.9 Å². The molecule has 3 aromatic carbocycles. The van der Waals surface area contributed by atoms with Crippen LogP contribution in [0, 0.1) is 6.92 Å². The summed E-state index contributed by atoms with van der Waals surface area (Å²) in [6.07, 6.45) is 6.91. The lowest BCUT2D eigenvalue weighted by atomic mass is 9.98. The number of hydrogen-bond donors (Lipinski definition) is 3. The van der Waals surface area contributed by atoms with Gasteiger partial charge in [0.05, 0.1) is 27.8 Å². The van der Waals surface area contributed by atoms with Crippen molar-refractivity contribution >= 4 is 44.3 Å². The first kappa shape index (κ1) is 21.9. The van der Waals surface area contributed by atoms with Gasteiger partial charge in [-0.1, -0.05) is 30.3 Å². The molecule has 0 radical (unpaired) electrons. The molecule has 7 rings (SSSR count). The van der Waals surface area contributed by atoms with Gasteiger partial charge in [0, 0.05) is 41.1 Å². The summed E-state index contributed by atoms with van der Waals surface area (Å²) in [6.45, 7) is 1.91. The summed E-state index contributed by atoms with van der Waals surface area (Å²) in [5, 5.41) is 13.5. The number of nitrogens with zero attached hydrogens (tertiary/aromatic N) is 4. The van der Waals surface area contributed by atoms with E-state index in [0.29, 0.717) is 17.1 Å². The number of amides is 1. The zero-order valence-electron chi connectivity index (χ0n) is 20.4. The Hall–Kier alpha value is -5.37. The lowest BCUT2D eigenvalue weighted by Gasteiger charge is -2.12. The topological polar surface area (TPSA) is 112 Å². The van der Waals surface area contributed by atoms with Crippen molar-refractivity contribution in [2.24, 2.45) is 0 Å². The van der Waals surface area contributed by atoms with Crippen LogP contribution in [0.3, 0.4) is 0 Å². The van der Waals surface area contributed by atoms with E-state index in [9.17, 15) is 4.79 Å². The Morgan fingerprint density at radius 2 is 1.71 bits per heavy atom. The van der Waals surface area contributed by atoms with Crippen LogP contribution in [0.2, 0.25) is 0 Å². The first-order chi connectivity index (χ1) is 18.6. The quantitative estimate of drug-likeness (QED) is 0.266. The van der Waals surface area contributed by atoms with E-state index in [1.165, 1.54) is 0 Å². The zero-order chi connectivity index (χ0) is 25.6. The van der Waals surface area contributed by atoms with E-state index < -0.39 is 0 Å². The first-order valence-electron chi connectivity index (χ1n) is 12.2.